The van der Waals surface area contributed by atoms with Crippen LogP contribution in [0.15, 0.2) is 30.3 Å². The number of cyclic esters (lactones) is 1. The first-order chi connectivity index (χ1) is 12.2. The van der Waals surface area contributed by atoms with Crippen LogP contribution in [0.1, 0.15) is 44.1 Å². The van der Waals surface area contributed by atoms with Crippen molar-refractivity contribution in [1.82, 2.24) is 4.90 Å². The smallest absolute Gasteiger partial charge is 0.416 e. The molecule has 1 saturated heterocycles. The predicted molar refractivity (Wildman–Crippen MR) is 93.9 cm³/mol. The third-order valence-corrected chi connectivity index (χ3v) is 5.42. The molecular formula is C20H27NO4. The molecule has 1 aliphatic heterocycles. The molecule has 1 N–H and O–H groups in total. The largest absolute Gasteiger partial charge is 0.447 e. The number of benzene rings is 1. The van der Waals surface area contributed by atoms with E-state index in [9.17, 15) is 14.7 Å². The summed E-state index contributed by atoms with van der Waals surface area (Å²) in [5.41, 5.74) is 1.07. The first-order valence-electron chi connectivity index (χ1n) is 9.33. The minimum atomic E-state index is -0.576. The van der Waals surface area contributed by atoms with Gasteiger partial charge in [0.2, 0.25) is 5.91 Å². The van der Waals surface area contributed by atoms with Crippen molar-refractivity contribution < 1.29 is 19.4 Å². The summed E-state index contributed by atoms with van der Waals surface area (Å²) < 4.78 is 5.14. The second kappa shape index (κ2) is 8.48. The third kappa shape index (κ3) is 4.40. The van der Waals surface area contributed by atoms with E-state index in [1.807, 2.05) is 30.3 Å². The molecule has 1 aromatic carbocycles. The van der Waals surface area contributed by atoms with E-state index in [4.69, 9.17) is 4.74 Å². The van der Waals surface area contributed by atoms with Crippen LogP contribution in [0.2, 0.25) is 0 Å². The van der Waals surface area contributed by atoms with Gasteiger partial charge < -0.3 is 9.84 Å². The number of carbonyl (C=O) groups is 2. The molecule has 0 radical (unpaired) electrons. The fourth-order valence-electron chi connectivity index (χ4n) is 4.04. The van der Waals surface area contributed by atoms with Crippen molar-refractivity contribution in [1.29, 1.82) is 0 Å². The molecule has 5 heteroatoms. The van der Waals surface area contributed by atoms with Gasteiger partial charge in [-0.1, -0.05) is 62.4 Å². The molecule has 2 fully saturated rings. The fraction of sp³-hybridized carbons (Fsp3) is 0.600. The van der Waals surface area contributed by atoms with Gasteiger partial charge in [-0.3, -0.25) is 4.79 Å². The highest BCUT2D eigenvalue weighted by atomic mass is 16.6. The normalized spacial score (nSPS) is 22.7. The van der Waals surface area contributed by atoms with Crippen molar-refractivity contribution in [2.45, 2.75) is 51.0 Å². The predicted octanol–water partition coefficient (Wildman–Crippen LogP) is 3.16. The topological polar surface area (TPSA) is 66.8 Å². The number of aliphatic hydroxyl groups excluding tert-OH is 1. The van der Waals surface area contributed by atoms with E-state index in [0.717, 1.165) is 18.4 Å². The Bertz CT molecular complexity index is 583. The summed E-state index contributed by atoms with van der Waals surface area (Å²) in [6.45, 7) is 0.0121. The monoisotopic (exact) mass is 345 g/mol. The molecular weight excluding hydrogens is 318 g/mol. The van der Waals surface area contributed by atoms with Crippen LogP contribution in [0.3, 0.4) is 0 Å². The molecule has 0 bridgehead atoms. The minimum absolute atomic E-state index is 0.211. The van der Waals surface area contributed by atoms with Crippen molar-refractivity contribution in [3.8, 4) is 0 Å². The highest BCUT2D eigenvalue weighted by molar-refractivity contribution is 5.94. The molecule has 25 heavy (non-hydrogen) atoms. The van der Waals surface area contributed by atoms with Crippen molar-refractivity contribution in [3.05, 3.63) is 35.9 Å². The number of amides is 2. The minimum Gasteiger partial charge on any atom is -0.447 e. The Morgan fingerprint density at radius 1 is 1.20 bits per heavy atom. The second-order valence-corrected chi connectivity index (χ2v) is 7.25. The van der Waals surface area contributed by atoms with Crippen LogP contribution in [0.4, 0.5) is 4.79 Å². The Balaban J connectivity index is 1.67. The second-order valence-electron chi connectivity index (χ2n) is 7.25. The van der Waals surface area contributed by atoms with Crippen molar-refractivity contribution in [3.63, 3.8) is 0 Å². The number of carbonyl (C=O) groups excluding carboxylic acids is 2. The van der Waals surface area contributed by atoms with Gasteiger partial charge in [-0.25, -0.2) is 9.69 Å². The van der Waals surface area contributed by atoms with E-state index < -0.39 is 12.0 Å². The Labute approximate surface area is 149 Å². The van der Waals surface area contributed by atoms with Gasteiger partial charge in [0, 0.05) is 0 Å². The summed E-state index contributed by atoms with van der Waals surface area (Å²) in [6, 6.07) is 9.50. The molecule has 1 saturated carbocycles. The van der Waals surface area contributed by atoms with Crippen LogP contribution in [0.25, 0.3) is 0 Å². The molecule has 0 aromatic heterocycles. The number of hydrogen-bond donors (Lipinski definition) is 1. The van der Waals surface area contributed by atoms with Crippen LogP contribution in [-0.2, 0) is 16.0 Å². The zero-order valence-corrected chi connectivity index (χ0v) is 14.6. The number of rotatable bonds is 6. The lowest BCUT2D eigenvalue weighted by molar-refractivity contribution is -0.135. The summed E-state index contributed by atoms with van der Waals surface area (Å²) in [5.74, 6) is -0.315. The molecule has 0 unspecified atom stereocenters. The zero-order chi connectivity index (χ0) is 17.6. The average Bonchev–Trinajstić information content (AvgIpc) is 3.01. The summed E-state index contributed by atoms with van der Waals surface area (Å²) in [5, 5.41) is 9.75. The lowest BCUT2D eigenvalue weighted by atomic mass is 9.82. The molecule has 1 aliphatic carbocycles. The van der Waals surface area contributed by atoms with Gasteiger partial charge in [-0.05, 0) is 24.3 Å². The van der Waals surface area contributed by atoms with E-state index >= 15 is 0 Å². The summed E-state index contributed by atoms with van der Waals surface area (Å²) in [6.07, 6.45) is 6.54. The third-order valence-electron chi connectivity index (χ3n) is 5.42. The number of hydrogen-bond acceptors (Lipinski definition) is 4. The fourth-order valence-corrected chi connectivity index (χ4v) is 4.04. The van der Waals surface area contributed by atoms with E-state index in [-0.39, 0.29) is 25.2 Å². The van der Waals surface area contributed by atoms with E-state index in [1.165, 1.54) is 24.2 Å². The van der Waals surface area contributed by atoms with Crippen LogP contribution in [0, 0.1) is 11.8 Å². The molecule has 1 aromatic rings. The van der Waals surface area contributed by atoms with Crippen LogP contribution in [-0.4, -0.2) is 41.3 Å². The van der Waals surface area contributed by atoms with Crippen LogP contribution >= 0.6 is 0 Å². The number of nitrogens with zero attached hydrogens (tertiary/aromatic N) is 1. The standard InChI is InChI=1S/C20H27NO4/c22-13-17(11-15-7-3-1-4-8-15)19(23)21-18(14-25-20(21)24)12-16-9-5-2-6-10-16/h2,5-6,9-10,15,17-18,22H,1,3-4,7-8,11-14H2/t17-,18+/m0/s1. The van der Waals surface area contributed by atoms with Crippen molar-refractivity contribution in [2.24, 2.45) is 11.8 Å². The quantitative estimate of drug-likeness (QED) is 0.860. The molecule has 136 valence electrons. The number of aliphatic hydroxyl groups is 1. The molecule has 2 atom stereocenters. The first kappa shape index (κ1) is 17.9. The van der Waals surface area contributed by atoms with Gasteiger partial charge in [0.1, 0.15) is 6.61 Å². The van der Waals surface area contributed by atoms with E-state index in [1.54, 1.807) is 0 Å². The Morgan fingerprint density at radius 3 is 2.60 bits per heavy atom. The van der Waals surface area contributed by atoms with Gasteiger partial charge in [-0.2, -0.15) is 0 Å². The first-order valence-corrected chi connectivity index (χ1v) is 9.33. The van der Waals surface area contributed by atoms with Crippen molar-refractivity contribution >= 4 is 12.0 Å². The number of ether oxygens (including phenoxy) is 1. The summed E-state index contributed by atoms with van der Waals surface area (Å²) in [4.78, 5) is 26.3. The van der Waals surface area contributed by atoms with Crippen LogP contribution < -0.4 is 0 Å². The lowest BCUT2D eigenvalue weighted by Crippen LogP contribution is -2.45. The molecule has 0 spiro atoms. The van der Waals surface area contributed by atoms with E-state index in [2.05, 4.69) is 0 Å². The Hall–Kier alpha value is -1.88. The highest BCUT2D eigenvalue weighted by Crippen LogP contribution is 2.30. The molecule has 2 aliphatic rings. The molecule has 3 rings (SSSR count). The van der Waals surface area contributed by atoms with E-state index in [0.29, 0.717) is 18.8 Å². The zero-order valence-electron chi connectivity index (χ0n) is 14.6. The Morgan fingerprint density at radius 2 is 1.92 bits per heavy atom. The average molecular weight is 345 g/mol. The Kier molecular flexibility index (Phi) is 6.08. The maximum Gasteiger partial charge on any atom is 0.416 e. The SMILES string of the molecule is O=C1OC[C@@H](Cc2ccccc2)N1C(=O)[C@H](CO)CC1CCCCC1. The maximum atomic E-state index is 12.9. The maximum absolute atomic E-state index is 12.9. The van der Waals surface area contributed by atoms with Gasteiger partial charge in [0.05, 0.1) is 18.6 Å². The molecule has 1 heterocycles. The summed E-state index contributed by atoms with van der Waals surface area (Å²) in [7, 11) is 0. The number of imide groups is 1. The van der Waals surface area contributed by atoms with Gasteiger partial charge in [-0.15, -0.1) is 0 Å². The lowest BCUT2D eigenvalue weighted by Gasteiger charge is -2.28. The van der Waals surface area contributed by atoms with Crippen LogP contribution in [0.5, 0.6) is 0 Å². The highest BCUT2D eigenvalue weighted by Gasteiger charge is 2.41. The summed E-state index contributed by atoms with van der Waals surface area (Å²) >= 11 is 0. The van der Waals surface area contributed by atoms with Gasteiger partial charge >= 0.3 is 6.09 Å². The van der Waals surface area contributed by atoms with Crippen molar-refractivity contribution in [2.75, 3.05) is 13.2 Å². The van der Waals surface area contributed by atoms with Gasteiger partial charge in [0.25, 0.3) is 0 Å². The van der Waals surface area contributed by atoms with Gasteiger partial charge in [0.15, 0.2) is 0 Å². The molecule has 2 amide bonds. The molecule has 5 nitrogen and oxygen atoms in total.